The fourth-order valence-corrected chi connectivity index (χ4v) is 2.13. The summed E-state index contributed by atoms with van der Waals surface area (Å²) in [6.07, 6.45) is 4.53. The average molecular weight is 222 g/mol. The van der Waals surface area contributed by atoms with Gasteiger partial charge < -0.3 is 9.84 Å². The van der Waals surface area contributed by atoms with Crippen LogP contribution in [0.15, 0.2) is 10.6 Å². The Morgan fingerprint density at radius 1 is 1.44 bits per heavy atom. The molecule has 2 rings (SSSR count). The molecule has 1 fully saturated rings. The Labute approximate surface area is 95.4 Å². The number of carbonyl (C=O) groups excluding carboxylic acids is 1. The van der Waals surface area contributed by atoms with Gasteiger partial charge in [0.15, 0.2) is 0 Å². The van der Waals surface area contributed by atoms with Gasteiger partial charge in [-0.05, 0) is 38.5 Å². The zero-order chi connectivity index (χ0) is 11.5. The summed E-state index contributed by atoms with van der Waals surface area (Å²) >= 11 is 0. The van der Waals surface area contributed by atoms with Crippen LogP contribution in [0.4, 0.5) is 0 Å². The van der Waals surface area contributed by atoms with Gasteiger partial charge in [0.1, 0.15) is 0 Å². The highest BCUT2D eigenvalue weighted by Crippen LogP contribution is 2.23. The Bertz CT molecular complexity index is 365. The maximum absolute atomic E-state index is 11.8. The molecule has 1 aliphatic rings. The Balaban J connectivity index is 1.88. The van der Waals surface area contributed by atoms with Crippen LogP contribution in [0.1, 0.15) is 48.9 Å². The van der Waals surface area contributed by atoms with E-state index in [0.717, 1.165) is 24.5 Å². The molecule has 0 radical (unpaired) electrons. The highest BCUT2D eigenvalue weighted by atomic mass is 16.5. The van der Waals surface area contributed by atoms with E-state index in [2.05, 4.69) is 17.4 Å². The summed E-state index contributed by atoms with van der Waals surface area (Å²) in [5.74, 6) is 0.969. The average Bonchev–Trinajstić information content (AvgIpc) is 2.68. The molecular weight excluding hydrogens is 204 g/mol. The Hall–Kier alpha value is -1.32. The predicted octanol–water partition coefficient (Wildman–Crippen LogP) is 2.29. The monoisotopic (exact) mass is 222 g/mol. The van der Waals surface area contributed by atoms with Crippen LogP contribution >= 0.6 is 0 Å². The molecule has 1 aliphatic carbocycles. The quantitative estimate of drug-likeness (QED) is 0.835. The van der Waals surface area contributed by atoms with E-state index in [4.69, 9.17) is 4.52 Å². The Morgan fingerprint density at radius 2 is 2.12 bits per heavy atom. The first-order valence-electron chi connectivity index (χ1n) is 5.89. The molecule has 88 valence electrons. The molecule has 16 heavy (non-hydrogen) atoms. The van der Waals surface area contributed by atoms with Crippen molar-refractivity contribution < 1.29 is 9.32 Å². The predicted molar refractivity (Wildman–Crippen MR) is 60.1 cm³/mol. The normalized spacial score (nSPS) is 25.4. The minimum absolute atomic E-state index is 0.139. The lowest BCUT2D eigenvalue weighted by molar-refractivity contribution is 0.0885. The van der Waals surface area contributed by atoms with Crippen molar-refractivity contribution >= 4 is 5.91 Å². The first-order chi connectivity index (χ1) is 7.65. The summed E-state index contributed by atoms with van der Waals surface area (Å²) in [6, 6.07) is 1.97. The van der Waals surface area contributed by atoms with Gasteiger partial charge in [-0.25, -0.2) is 0 Å². The second-order valence-electron chi connectivity index (χ2n) is 4.76. The number of hydrogen-bond donors (Lipinski definition) is 1. The first kappa shape index (κ1) is 11.2. The smallest absolute Gasteiger partial charge is 0.290 e. The van der Waals surface area contributed by atoms with Gasteiger partial charge in [-0.15, -0.1) is 0 Å². The van der Waals surface area contributed by atoms with E-state index in [1.807, 2.05) is 6.92 Å². The molecule has 0 aromatic carbocycles. The van der Waals surface area contributed by atoms with Crippen molar-refractivity contribution in [1.82, 2.24) is 10.5 Å². The topological polar surface area (TPSA) is 55.1 Å². The second kappa shape index (κ2) is 4.68. The number of nitrogens with one attached hydrogen (secondary N) is 1. The van der Waals surface area contributed by atoms with Crippen molar-refractivity contribution in [2.75, 3.05) is 0 Å². The molecule has 0 bridgehead atoms. The van der Waals surface area contributed by atoms with Crippen LogP contribution in [0.25, 0.3) is 0 Å². The minimum Gasteiger partial charge on any atom is -0.351 e. The zero-order valence-electron chi connectivity index (χ0n) is 9.82. The van der Waals surface area contributed by atoms with E-state index in [1.54, 1.807) is 6.07 Å². The molecule has 4 nitrogen and oxygen atoms in total. The van der Waals surface area contributed by atoms with Crippen LogP contribution < -0.4 is 5.32 Å². The summed E-state index contributed by atoms with van der Waals surface area (Å²) in [4.78, 5) is 11.8. The lowest BCUT2D eigenvalue weighted by atomic mass is 9.87. The summed E-state index contributed by atoms with van der Waals surface area (Å²) < 4.78 is 4.93. The van der Waals surface area contributed by atoms with Gasteiger partial charge in [-0.2, -0.15) is 0 Å². The molecule has 0 aliphatic heterocycles. The minimum atomic E-state index is -0.139. The number of hydrogen-bond acceptors (Lipinski definition) is 3. The molecule has 0 atom stereocenters. The summed E-state index contributed by atoms with van der Waals surface area (Å²) in [5.41, 5.74) is 0.738. The van der Waals surface area contributed by atoms with Crippen molar-refractivity contribution in [3.05, 3.63) is 17.5 Å². The number of aromatic nitrogens is 1. The third kappa shape index (κ3) is 2.62. The van der Waals surface area contributed by atoms with Gasteiger partial charge in [0, 0.05) is 12.1 Å². The highest BCUT2D eigenvalue weighted by molar-refractivity contribution is 5.91. The molecule has 0 spiro atoms. The van der Waals surface area contributed by atoms with E-state index < -0.39 is 0 Å². The number of aryl methyl sites for hydroxylation is 1. The van der Waals surface area contributed by atoms with E-state index >= 15 is 0 Å². The second-order valence-corrected chi connectivity index (χ2v) is 4.76. The van der Waals surface area contributed by atoms with Crippen molar-refractivity contribution in [3.63, 3.8) is 0 Å². The van der Waals surface area contributed by atoms with Crippen molar-refractivity contribution in [2.45, 2.75) is 45.6 Å². The van der Waals surface area contributed by atoms with Gasteiger partial charge >= 0.3 is 0 Å². The van der Waals surface area contributed by atoms with E-state index in [0.29, 0.717) is 11.8 Å². The maximum atomic E-state index is 11.8. The fourth-order valence-electron chi connectivity index (χ4n) is 2.13. The molecule has 4 heteroatoms. The Kier molecular flexibility index (Phi) is 3.27. The van der Waals surface area contributed by atoms with E-state index in [-0.39, 0.29) is 5.91 Å². The van der Waals surface area contributed by atoms with Gasteiger partial charge in [0.25, 0.3) is 5.91 Å². The zero-order valence-corrected chi connectivity index (χ0v) is 9.82. The number of rotatable bonds is 2. The highest BCUT2D eigenvalue weighted by Gasteiger charge is 2.21. The van der Waals surface area contributed by atoms with Crippen molar-refractivity contribution in [1.29, 1.82) is 0 Å². The van der Waals surface area contributed by atoms with Crippen LogP contribution in [0.3, 0.4) is 0 Å². The lowest BCUT2D eigenvalue weighted by Gasteiger charge is -2.26. The van der Waals surface area contributed by atoms with Gasteiger partial charge in [-0.3, -0.25) is 4.79 Å². The van der Waals surface area contributed by atoms with Gasteiger partial charge in [0.2, 0.25) is 5.76 Å². The first-order valence-corrected chi connectivity index (χ1v) is 5.89. The van der Waals surface area contributed by atoms with E-state index in [9.17, 15) is 4.79 Å². The van der Waals surface area contributed by atoms with Crippen LogP contribution in [-0.2, 0) is 0 Å². The molecule has 1 heterocycles. The summed E-state index contributed by atoms with van der Waals surface area (Å²) in [5, 5.41) is 6.70. The van der Waals surface area contributed by atoms with Crippen LogP contribution in [0, 0.1) is 12.8 Å². The Morgan fingerprint density at radius 3 is 2.69 bits per heavy atom. The molecule has 1 amide bonds. The van der Waals surface area contributed by atoms with Crippen molar-refractivity contribution in [3.8, 4) is 0 Å². The van der Waals surface area contributed by atoms with Gasteiger partial charge in [0.05, 0.1) is 5.69 Å². The standard InChI is InChI=1S/C12H18N2O2/c1-8-3-5-10(6-4-8)13-12(15)11-7-9(2)14-16-11/h7-8,10H,3-6H2,1-2H3,(H,13,15). The molecule has 1 saturated carbocycles. The van der Waals surface area contributed by atoms with E-state index in [1.165, 1.54) is 12.8 Å². The third-order valence-corrected chi connectivity index (χ3v) is 3.20. The molecule has 0 saturated heterocycles. The van der Waals surface area contributed by atoms with Gasteiger partial charge in [-0.1, -0.05) is 12.1 Å². The molecule has 1 aromatic rings. The molecule has 0 unspecified atom stereocenters. The maximum Gasteiger partial charge on any atom is 0.290 e. The number of nitrogens with zero attached hydrogens (tertiary/aromatic N) is 1. The van der Waals surface area contributed by atoms with Crippen LogP contribution in [-0.4, -0.2) is 17.1 Å². The molecular formula is C12H18N2O2. The van der Waals surface area contributed by atoms with Crippen LogP contribution in [0.5, 0.6) is 0 Å². The largest absolute Gasteiger partial charge is 0.351 e. The lowest BCUT2D eigenvalue weighted by Crippen LogP contribution is -2.37. The summed E-state index contributed by atoms with van der Waals surface area (Å²) in [6.45, 7) is 4.07. The molecule has 1 N–H and O–H groups in total. The number of amides is 1. The summed E-state index contributed by atoms with van der Waals surface area (Å²) in [7, 11) is 0. The third-order valence-electron chi connectivity index (χ3n) is 3.20. The SMILES string of the molecule is Cc1cc(C(=O)NC2CCC(C)CC2)on1. The van der Waals surface area contributed by atoms with Crippen molar-refractivity contribution in [2.24, 2.45) is 5.92 Å². The fraction of sp³-hybridized carbons (Fsp3) is 0.667. The molecule has 1 aromatic heterocycles. The number of carbonyl (C=O) groups is 1. The van der Waals surface area contributed by atoms with Crippen LogP contribution in [0.2, 0.25) is 0 Å².